The lowest BCUT2D eigenvalue weighted by molar-refractivity contribution is -0.191. The van der Waals surface area contributed by atoms with Crippen LogP contribution in [0.3, 0.4) is 0 Å². The van der Waals surface area contributed by atoms with E-state index in [4.69, 9.17) is 14.3 Å². The van der Waals surface area contributed by atoms with Gasteiger partial charge in [0.15, 0.2) is 0 Å². The molecule has 2 aromatic heterocycles. The van der Waals surface area contributed by atoms with Crippen LogP contribution in [0.15, 0.2) is 41.3 Å². The number of methoxy groups -OCH3 is 1. The van der Waals surface area contributed by atoms with E-state index in [1.54, 1.807) is 13.3 Å². The van der Waals surface area contributed by atoms with Gasteiger partial charge in [0.05, 0.1) is 24.1 Å². The molecule has 0 radical (unpaired) electrons. The lowest BCUT2D eigenvalue weighted by atomic mass is 10.1. The Balaban J connectivity index is 0.000000659. The van der Waals surface area contributed by atoms with Crippen LogP contribution in [-0.4, -0.2) is 28.2 Å². The SMILES string of the molecule is COc1cccc(Cc2nc3c(c(=O)[nH]2)-c2ncc(C)cc2C3)c1.O=C=O. The van der Waals surface area contributed by atoms with E-state index in [9.17, 15) is 4.79 Å². The summed E-state index contributed by atoms with van der Waals surface area (Å²) in [4.78, 5) is 40.8. The molecule has 1 aliphatic carbocycles. The highest BCUT2D eigenvalue weighted by Gasteiger charge is 2.25. The lowest BCUT2D eigenvalue weighted by Crippen LogP contribution is -2.15. The maximum atomic E-state index is 12.5. The average molecular weight is 363 g/mol. The van der Waals surface area contributed by atoms with Crippen molar-refractivity contribution in [2.75, 3.05) is 7.11 Å². The van der Waals surface area contributed by atoms with Gasteiger partial charge in [0.1, 0.15) is 11.6 Å². The highest BCUT2D eigenvalue weighted by atomic mass is 16.5. The minimum Gasteiger partial charge on any atom is -0.497 e. The lowest BCUT2D eigenvalue weighted by Gasteiger charge is -2.06. The van der Waals surface area contributed by atoms with E-state index in [1.165, 1.54) is 0 Å². The van der Waals surface area contributed by atoms with Crippen LogP contribution >= 0.6 is 0 Å². The molecule has 7 heteroatoms. The molecule has 136 valence electrons. The molecule has 0 fully saturated rings. The van der Waals surface area contributed by atoms with Gasteiger partial charge in [0.25, 0.3) is 5.56 Å². The van der Waals surface area contributed by atoms with Crippen LogP contribution in [0.4, 0.5) is 0 Å². The predicted octanol–water partition coefficient (Wildman–Crippen LogP) is 2.06. The van der Waals surface area contributed by atoms with Crippen LogP contribution in [0.5, 0.6) is 5.75 Å². The number of H-pyrrole nitrogens is 1. The van der Waals surface area contributed by atoms with Gasteiger partial charge >= 0.3 is 6.15 Å². The minimum absolute atomic E-state index is 0.118. The second kappa shape index (κ2) is 7.76. The number of fused-ring (bicyclic) bond motifs is 3. The fraction of sp³-hybridized carbons (Fsp3) is 0.200. The van der Waals surface area contributed by atoms with Crippen LogP contribution < -0.4 is 10.3 Å². The molecule has 0 aliphatic heterocycles. The summed E-state index contributed by atoms with van der Waals surface area (Å²) in [5.74, 6) is 1.46. The van der Waals surface area contributed by atoms with Crippen molar-refractivity contribution in [2.45, 2.75) is 19.8 Å². The van der Waals surface area contributed by atoms with Crippen molar-refractivity contribution in [3.8, 4) is 17.0 Å². The summed E-state index contributed by atoms with van der Waals surface area (Å²) in [6.07, 6.45) is 3.26. The summed E-state index contributed by atoms with van der Waals surface area (Å²) >= 11 is 0. The van der Waals surface area contributed by atoms with Crippen molar-refractivity contribution in [1.82, 2.24) is 15.0 Å². The number of aryl methyl sites for hydroxylation is 1. The van der Waals surface area contributed by atoms with Crippen molar-refractivity contribution in [3.05, 3.63) is 75.1 Å². The Morgan fingerprint density at radius 1 is 1.26 bits per heavy atom. The maximum Gasteiger partial charge on any atom is 0.373 e. The van der Waals surface area contributed by atoms with Gasteiger partial charge in [-0.25, -0.2) is 4.98 Å². The Labute approximate surface area is 155 Å². The van der Waals surface area contributed by atoms with Crippen LogP contribution in [0.2, 0.25) is 0 Å². The molecule has 3 aromatic rings. The molecule has 0 amide bonds. The molecule has 1 aliphatic rings. The average Bonchev–Trinajstić information content (AvgIpc) is 3.00. The molecule has 7 nitrogen and oxygen atoms in total. The van der Waals surface area contributed by atoms with Gasteiger partial charge in [-0.05, 0) is 35.7 Å². The Hall–Kier alpha value is -3.57. The number of aromatic nitrogens is 3. The first-order valence-electron chi connectivity index (χ1n) is 8.26. The Morgan fingerprint density at radius 3 is 2.78 bits per heavy atom. The standard InChI is InChI=1S/C19H17N3O2.CO2/c1-11-6-13-9-15-17(18(13)20-10-11)19(23)22-16(21-15)8-12-4-3-5-14(7-12)24-2;2-1-3/h3-7,10H,8-9H2,1-2H3,(H,21,22,23);. The topological polar surface area (TPSA) is 102 Å². The molecule has 0 saturated heterocycles. The number of aromatic amines is 1. The van der Waals surface area contributed by atoms with Crippen molar-refractivity contribution in [3.63, 3.8) is 0 Å². The molecule has 0 atom stereocenters. The van der Waals surface area contributed by atoms with E-state index in [-0.39, 0.29) is 11.7 Å². The number of pyridine rings is 1. The second-order valence-electron chi connectivity index (χ2n) is 6.14. The van der Waals surface area contributed by atoms with E-state index >= 15 is 0 Å². The highest BCUT2D eigenvalue weighted by molar-refractivity contribution is 5.71. The third-order valence-corrected chi connectivity index (χ3v) is 4.25. The summed E-state index contributed by atoms with van der Waals surface area (Å²) in [5, 5.41) is 0. The zero-order chi connectivity index (χ0) is 19.4. The monoisotopic (exact) mass is 363 g/mol. The smallest absolute Gasteiger partial charge is 0.373 e. The third kappa shape index (κ3) is 3.83. The zero-order valence-electron chi connectivity index (χ0n) is 14.9. The first kappa shape index (κ1) is 18.2. The molecular formula is C20H17N3O4. The van der Waals surface area contributed by atoms with E-state index in [0.29, 0.717) is 24.2 Å². The molecule has 2 heterocycles. The molecule has 4 rings (SSSR count). The molecule has 0 bridgehead atoms. The van der Waals surface area contributed by atoms with Crippen molar-refractivity contribution >= 4 is 6.15 Å². The summed E-state index contributed by atoms with van der Waals surface area (Å²) in [7, 11) is 1.64. The molecule has 0 saturated carbocycles. The normalized spacial score (nSPS) is 10.9. The number of benzene rings is 1. The predicted molar refractivity (Wildman–Crippen MR) is 96.4 cm³/mol. The van der Waals surface area contributed by atoms with Crippen LogP contribution in [0, 0.1) is 6.92 Å². The van der Waals surface area contributed by atoms with Crippen LogP contribution in [-0.2, 0) is 22.4 Å². The number of rotatable bonds is 3. The van der Waals surface area contributed by atoms with Gasteiger partial charge in [-0.2, -0.15) is 9.59 Å². The summed E-state index contributed by atoms with van der Waals surface area (Å²) in [5.41, 5.74) is 5.27. The molecule has 0 unspecified atom stereocenters. The van der Waals surface area contributed by atoms with E-state index in [0.717, 1.165) is 33.8 Å². The number of hydrogen-bond acceptors (Lipinski definition) is 6. The maximum absolute atomic E-state index is 12.5. The number of nitrogens with one attached hydrogen (secondary N) is 1. The number of hydrogen-bond donors (Lipinski definition) is 1. The molecule has 1 aromatic carbocycles. The summed E-state index contributed by atoms with van der Waals surface area (Å²) in [6.45, 7) is 2.00. The molecule has 1 N–H and O–H groups in total. The van der Waals surface area contributed by atoms with Crippen LogP contribution in [0.25, 0.3) is 11.3 Å². The van der Waals surface area contributed by atoms with E-state index in [1.807, 2.05) is 31.2 Å². The van der Waals surface area contributed by atoms with Crippen LogP contribution in [0.1, 0.15) is 28.2 Å². The quantitative estimate of drug-likeness (QED) is 0.598. The molecule has 27 heavy (non-hydrogen) atoms. The van der Waals surface area contributed by atoms with Gasteiger partial charge in [-0.1, -0.05) is 18.2 Å². The third-order valence-electron chi connectivity index (χ3n) is 4.25. The summed E-state index contributed by atoms with van der Waals surface area (Å²) < 4.78 is 5.24. The Bertz CT molecular complexity index is 1080. The van der Waals surface area contributed by atoms with E-state index < -0.39 is 0 Å². The van der Waals surface area contributed by atoms with Crippen molar-refractivity contribution in [1.29, 1.82) is 0 Å². The molecular weight excluding hydrogens is 346 g/mol. The highest BCUT2D eigenvalue weighted by Crippen LogP contribution is 2.31. The largest absolute Gasteiger partial charge is 0.497 e. The minimum atomic E-state index is -0.118. The van der Waals surface area contributed by atoms with E-state index in [2.05, 4.69) is 21.0 Å². The van der Waals surface area contributed by atoms with Crippen molar-refractivity contribution < 1.29 is 14.3 Å². The van der Waals surface area contributed by atoms with Gasteiger partial charge in [-0.3, -0.25) is 9.78 Å². The zero-order valence-corrected chi connectivity index (χ0v) is 14.9. The number of carbonyl (C=O) groups excluding carboxylic acids is 2. The number of ether oxygens (including phenoxy) is 1. The van der Waals surface area contributed by atoms with Gasteiger partial charge in [-0.15, -0.1) is 0 Å². The number of nitrogens with zero attached hydrogens (tertiary/aromatic N) is 2. The van der Waals surface area contributed by atoms with Gasteiger partial charge < -0.3 is 9.72 Å². The fourth-order valence-electron chi connectivity index (χ4n) is 3.17. The van der Waals surface area contributed by atoms with Gasteiger partial charge in [0, 0.05) is 19.0 Å². The van der Waals surface area contributed by atoms with Gasteiger partial charge in [0.2, 0.25) is 0 Å². The Kier molecular flexibility index (Phi) is 5.24. The first-order chi connectivity index (χ1) is 13.0. The fourth-order valence-corrected chi connectivity index (χ4v) is 3.17. The molecule has 0 spiro atoms. The van der Waals surface area contributed by atoms with Crippen molar-refractivity contribution in [2.24, 2.45) is 0 Å². The Morgan fingerprint density at radius 2 is 2.04 bits per heavy atom. The second-order valence-corrected chi connectivity index (χ2v) is 6.14. The first-order valence-corrected chi connectivity index (χ1v) is 8.26. The summed E-state index contributed by atoms with van der Waals surface area (Å²) in [6, 6.07) is 9.85.